The second-order valence-corrected chi connectivity index (χ2v) is 5.95. The van der Waals surface area contributed by atoms with E-state index in [-0.39, 0.29) is 35.0 Å². The average Bonchev–Trinajstić information content (AvgIpc) is 2.91. The molecular weight excluding hydrogens is 458 g/mol. The standard InChI is InChI=1S/C14H19ClF3N5.HI/c1-19-13(22(2)3)21-10-4-5-23(8-10)12-11(15)6-9(7-20-12)14(16,17)18;/h6-7,10H,4-5,8H2,1-3H3,(H,19,21);1H. The molecule has 2 heterocycles. The molecule has 0 spiro atoms. The van der Waals surface area contributed by atoms with Crippen LogP contribution in [0.2, 0.25) is 5.02 Å². The molecule has 0 amide bonds. The first kappa shape index (κ1) is 21.1. The van der Waals surface area contributed by atoms with Crippen LogP contribution in [0.3, 0.4) is 0 Å². The van der Waals surface area contributed by atoms with Gasteiger partial charge in [0.15, 0.2) is 5.96 Å². The normalized spacial score (nSPS) is 18.4. The molecule has 10 heteroatoms. The van der Waals surface area contributed by atoms with E-state index in [1.807, 2.05) is 23.9 Å². The number of guanidine groups is 1. The first-order chi connectivity index (χ1) is 10.7. The fourth-order valence-electron chi connectivity index (χ4n) is 2.47. The summed E-state index contributed by atoms with van der Waals surface area (Å²) in [4.78, 5) is 11.8. The van der Waals surface area contributed by atoms with Gasteiger partial charge in [-0.3, -0.25) is 4.99 Å². The van der Waals surface area contributed by atoms with Gasteiger partial charge >= 0.3 is 6.18 Å². The number of hydrogen-bond acceptors (Lipinski definition) is 3. The monoisotopic (exact) mass is 477 g/mol. The van der Waals surface area contributed by atoms with Crippen molar-refractivity contribution in [3.05, 3.63) is 22.8 Å². The zero-order chi connectivity index (χ0) is 17.2. The van der Waals surface area contributed by atoms with Gasteiger partial charge in [-0.2, -0.15) is 13.2 Å². The third kappa shape index (κ3) is 5.01. The molecule has 2 rings (SSSR count). The van der Waals surface area contributed by atoms with E-state index in [0.29, 0.717) is 18.9 Å². The van der Waals surface area contributed by atoms with Crippen molar-refractivity contribution in [1.82, 2.24) is 15.2 Å². The molecule has 0 aromatic carbocycles. The topological polar surface area (TPSA) is 43.8 Å². The molecule has 0 saturated carbocycles. The number of halogens is 5. The zero-order valence-corrected chi connectivity index (χ0v) is 16.6. The van der Waals surface area contributed by atoms with E-state index in [2.05, 4.69) is 15.3 Å². The lowest BCUT2D eigenvalue weighted by Crippen LogP contribution is -2.44. The Morgan fingerprint density at radius 1 is 1.46 bits per heavy atom. The van der Waals surface area contributed by atoms with Crippen molar-refractivity contribution in [2.24, 2.45) is 4.99 Å². The molecule has 1 aliphatic heterocycles. The van der Waals surface area contributed by atoms with E-state index < -0.39 is 11.7 Å². The second kappa shape index (κ2) is 8.41. The van der Waals surface area contributed by atoms with Gasteiger partial charge < -0.3 is 15.1 Å². The van der Waals surface area contributed by atoms with Crippen molar-refractivity contribution in [2.45, 2.75) is 18.6 Å². The lowest BCUT2D eigenvalue weighted by Gasteiger charge is -2.23. The van der Waals surface area contributed by atoms with Gasteiger partial charge in [0, 0.05) is 46.5 Å². The Balaban J connectivity index is 0.00000288. The summed E-state index contributed by atoms with van der Waals surface area (Å²) in [5.74, 6) is 1.13. The van der Waals surface area contributed by atoms with Gasteiger partial charge in [0.25, 0.3) is 0 Å². The quantitative estimate of drug-likeness (QED) is 0.404. The van der Waals surface area contributed by atoms with Crippen LogP contribution in [-0.2, 0) is 6.18 Å². The fraction of sp³-hybridized carbons (Fsp3) is 0.571. The van der Waals surface area contributed by atoms with Crippen molar-refractivity contribution in [3.8, 4) is 0 Å². The largest absolute Gasteiger partial charge is 0.417 e. The number of nitrogens with one attached hydrogen (secondary N) is 1. The minimum Gasteiger partial charge on any atom is -0.353 e. The van der Waals surface area contributed by atoms with Crippen molar-refractivity contribution in [3.63, 3.8) is 0 Å². The van der Waals surface area contributed by atoms with E-state index in [4.69, 9.17) is 11.6 Å². The average molecular weight is 478 g/mol. The number of nitrogens with zero attached hydrogens (tertiary/aromatic N) is 4. The van der Waals surface area contributed by atoms with Crippen molar-refractivity contribution in [2.75, 3.05) is 39.1 Å². The van der Waals surface area contributed by atoms with Crippen molar-refractivity contribution in [1.29, 1.82) is 0 Å². The highest BCUT2D eigenvalue weighted by Gasteiger charge is 2.33. The molecule has 1 aliphatic rings. The van der Waals surface area contributed by atoms with E-state index in [0.717, 1.165) is 24.6 Å². The molecule has 24 heavy (non-hydrogen) atoms. The molecule has 1 unspecified atom stereocenters. The van der Waals surface area contributed by atoms with Gasteiger partial charge in [-0.1, -0.05) is 11.6 Å². The third-order valence-corrected chi connectivity index (χ3v) is 3.88. The summed E-state index contributed by atoms with van der Waals surface area (Å²) >= 11 is 5.99. The van der Waals surface area contributed by atoms with Gasteiger partial charge in [-0.15, -0.1) is 24.0 Å². The highest BCUT2D eigenvalue weighted by molar-refractivity contribution is 14.0. The van der Waals surface area contributed by atoms with Gasteiger partial charge in [0.05, 0.1) is 10.6 Å². The predicted molar refractivity (Wildman–Crippen MR) is 100 cm³/mol. The maximum absolute atomic E-state index is 12.7. The number of rotatable bonds is 2. The Morgan fingerprint density at radius 2 is 2.12 bits per heavy atom. The summed E-state index contributed by atoms with van der Waals surface area (Å²) in [7, 11) is 5.47. The molecule has 0 radical (unpaired) electrons. The van der Waals surface area contributed by atoms with Crippen LogP contribution >= 0.6 is 35.6 Å². The molecule has 136 valence electrons. The minimum atomic E-state index is -4.44. The van der Waals surface area contributed by atoms with Crippen LogP contribution in [0.4, 0.5) is 19.0 Å². The molecule has 1 aromatic heterocycles. The number of pyridine rings is 1. The SMILES string of the molecule is CN=C(NC1CCN(c2ncc(C(F)(F)F)cc2Cl)C1)N(C)C.I. The lowest BCUT2D eigenvalue weighted by molar-refractivity contribution is -0.137. The van der Waals surface area contributed by atoms with Crippen LogP contribution < -0.4 is 10.2 Å². The lowest BCUT2D eigenvalue weighted by atomic mass is 10.2. The summed E-state index contributed by atoms with van der Waals surface area (Å²) in [5.41, 5.74) is -0.840. The molecule has 1 atom stereocenters. The predicted octanol–water partition coefficient (Wildman–Crippen LogP) is 3.09. The summed E-state index contributed by atoms with van der Waals surface area (Å²) < 4.78 is 38.0. The van der Waals surface area contributed by atoms with Gasteiger partial charge in [0.1, 0.15) is 5.82 Å². The van der Waals surface area contributed by atoms with Crippen LogP contribution in [-0.4, -0.2) is 56.1 Å². The van der Waals surface area contributed by atoms with Crippen LogP contribution in [0.1, 0.15) is 12.0 Å². The summed E-state index contributed by atoms with van der Waals surface area (Å²) in [6.45, 7) is 1.27. The van der Waals surface area contributed by atoms with Crippen LogP contribution in [0.5, 0.6) is 0 Å². The number of hydrogen-bond donors (Lipinski definition) is 1. The Bertz CT molecular complexity index is 594. The van der Waals surface area contributed by atoms with E-state index in [1.165, 1.54) is 0 Å². The Morgan fingerprint density at radius 3 is 2.62 bits per heavy atom. The van der Waals surface area contributed by atoms with E-state index in [9.17, 15) is 13.2 Å². The fourth-order valence-corrected chi connectivity index (χ4v) is 2.75. The Kier molecular flexibility index (Phi) is 7.39. The zero-order valence-electron chi connectivity index (χ0n) is 13.6. The molecule has 1 saturated heterocycles. The molecule has 1 aromatic rings. The smallest absolute Gasteiger partial charge is 0.353 e. The van der Waals surface area contributed by atoms with Gasteiger partial charge in [0.2, 0.25) is 0 Å². The maximum atomic E-state index is 12.7. The van der Waals surface area contributed by atoms with Crippen LogP contribution in [0.25, 0.3) is 0 Å². The molecule has 1 fully saturated rings. The first-order valence-electron chi connectivity index (χ1n) is 7.10. The molecule has 0 aliphatic carbocycles. The Hall–Kier alpha value is -0.970. The number of aliphatic imine (C=N–C) groups is 1. The number of anilines is 1. The van der Waals surface area contributed by atoms with Gasteiger partial charge in [-0.25, -0.2) is 4.98 Å². The van der Waals surface area contributed by atoms with Crippen molar-refractivity contribution < 1.29 is 13.2 Å². The second-order valence-electron chi connectivity index (χ2n) is 5.54. The van der Waals surface area contributed by atoms with Crippen LogP contribution in [0, 0.1) is 0 Å². The van der Waals surface area contributed by atoms with E-state index >= 15 is 0 Å². The van der Waals surface area contributed by atoms with E-state index in [1.54, 1.807) is 7.05 Å². The third-order valence-electron chi connectivity index (χ3n) is 3.61. The molecular formula is C14H20ClF3IN5. The summed E-state index contributed by atoms with van der Waals surface area (Å²) in [6, 6.07) is 1.06. The highest BCUT2D eigenvalue weighted by atomic mass is 127. The molecule has 0 bridgehead atoms. The maximum Gasteiger partial charge on any atom is 0.417 e. The summed E-state index contributed by atoms with van der Waals surface area (Å²) in [6.07, 6.45) is -2.80. The Labute approximate surface area is 161 Å². The molecule has 5 nitrogen and oxygen atoms in total. The first-order valence-corrected chi connectivity index (χ1v) is 7.48. The van der Waals surface area contributed by atoms with Crippen molar-refractivity contribution >= 4 is 47.4 Å². The number of aromatic nitrogens is 1. The minimum absolute atomic E-state index is 0. The molecule has 1 N–H and O–H groups in total. The summed E-state index contributed by atoms with van der Waals surface area (Å²) in [5, 5.41) is 3.31. The van der Waals surface area contributed by atoms with Gasteiger partial charge in [-0.05, 0) is 12.5 Å². The number of alkyl halides is 3. The van der Waals surface area contributed by atoms with Crippen LogP contribution in [0.15, 0.2) is 17.3 Å². The highest BCUT2D eigenvalue weighted by Crippen LogP contribution is 2.34.